The van der Waals surface area contributed by atoms with Crippen molar-refractivity contribution in [1.29, 1.82) is 0 Å². The lowest BCUT2D eigenvalue weighted by atomic mass is 10.0. The number of unbranched alkanes of at least 4 members (excludes halogenated alkanes) is 1. The maximum atomic E-state index is 13.7. The van der Waals surface area contributed by atoms with E-state index in [2.05, 4.69) is 28.2 Å². The Morgan fingerprint density at radius 3 is 2.27 bits per heavy atom. The minimum atomic E-state index is -0.702. The van der Waals surface area contributed by atoms with E-state index < -0.39 is 6.04 Å². The monoisotopic (exact) mass is 620 g/mol. The second-order valence-corrected chi connectivity index (χ2v) is 11.4. The van der Waals surface area contributed by atoms with Gasteiger partial charge in [0.05, 0.1) is 5.75 Å². The number of nitrogens with one attached hydrogen (secondary N) is 1. The average molecular weight is 622 g/mol. The van der Waals surface area contributed by atoms with Crippen molar-refractivity contribution < 1.29 is 9.59 Å². The fourth-order valence-corrected chi connectivity index (χ4v) is 5.49. The number of rotatable bonds is 13. The zero-order valence-corrected chi connectivity index (χ0v) is 24.7. The molecule has 3 rings (SSSR count). The summed E-state index contributed by atoms with van der Waals surface area (Å²) < 4.78 is 1.01. The van der Waals surface area contributed by atoms with Gasteiger partial charge in [-0.25, -0.2) is 0 Å². The highest BCUT2D eigenvalue weighted by Crippen LogP contribution is 2.28. The molecule has 0 spiro atoms. The average Bonchev–Trinajstić information content (AvgIpc) is 2.89. The number of thioether (sulfide) groups is 1. The minimum Gasteiger partial charge on any atom is -0.354 e. The third-order valence-corrected chi connectivity index (χ3v) is 8.12. The van der Waals surface area contributed by atoms with Crippen molar-refractivity contribution >= 4 is 62.7 Å². The first-order valence-corrected chi connectivity index (χ1v) is 15.0. The zero-order chi connectivity index (χ0) is 26.6. The largest absolute Gasteiger partial charge is 0.354 e. The lowest BCUT2D eigenvalue weighted by molar-refractivity contribution is -0.139. The van der Waals surface area contributed by atoms with Crippen molar-refractivity contribution in [1.82, 2.24) is 10.2 Å². The van der Waals surface area contributed by atoms with E-state index in [1.807, 2.05) is 54.6 Å². The molecule has 0 bridgehead atoms. The molecule has 1 atom stereocenters. The van der Waals surface area contributed by atoms with Crippen LogP contribution >= 0.6 is 50.9 Å². The van der Waals surface area contributed by atoms with Crippen LogP contribution in [0.25, 0.3) is 0 Å². The Labute approximate surface area is 242 Å². The Morgan fingerprint density at radius 2 is 1.62 bits per heavy atom. The molecule has 8 heteroatoms. The van der Waals surface area contributed by atoms with Gasteiger partial charge in [0.25, 0.3) is 0 Å². The van der Waals surface area contributed by atoms with Crippen molar-refractivity contribution in [3.8, 4) is 0 Å². The molecule has 2 amide bonds. The van der Waals surface area contributed by atoms with Crippen molar-refractivity contribution in [3.63, 3.8) is 0 Å². The van der Waals surface area contributed by atoms with E-state index >= 15 is 0 Å². The number of halogens is 3. The van der Waals surface area contributed by atoms with Gasteiger partial charge in [0.1, 0.15) is 6.04 Å². The lowest BCUT2D eigenvalue weighted by Gasteiger charge is -2.32. The number of hydrogen-bond donors (Lipinski definition) is 1. The molecule has 0 radical (unpaired) electrons. The standard InChI is InChI=1S/C29H31BrCl2N2O2S/c1-2-3-16-33-29(36)27(17-21-8-5-4-6-9-21)34(18-24-25(31)10-7-11-26(24)32)28(35)20-37-19-22-12-14-23(30)15-13-22/h4-15,27H,2-3,16-20H2,1H3,(H,33,36)/t27-/m1/s1. The Hall–Kier alpha value is -1.99. The van der Waals surface area contributed by atoms with Gasteiger partial charge in [-0.15, -0.1) is 11.8 Å². The summed E-state index contributed by atoms with van der Waals surface area (Å²) in [5, 5.41) is 3.97. The van der Waals surface area contributed by atoms with Crippen LogP contribution < -0.4 is 5.32 Å². The fourth-order valence-electron chi connectivity index (χ4n) is 3.83. The summed E-state index contributed by atoms with van der Waals surface area (Å²) in [5.41, 5.74) is 2.74. The van der Waals surface area contributed by atoms with E-state index in [1.165, 1.54) is 11.8 Å². The van der Waals surface area contributed by atoms with Gasteiger partial charge in [-0.2, -0.15) is 0 Å². The third kappa shape index (κ3) is 9.36. The fraction of sp³-hybridized carbons (Fsp3) is 0.310. The van der Waals surface area contributed by atoms with Crippen molar-refractivity contribution in [2.75, 3.05) is 12.3 Å². The van der Waals surface area contributed by atoms with Gasteiger partial charge in [-0.3, -0.25) is 9.59 Å². The highest BCUT2D eigenvalue weighted by atomic mass is 79.9. The molecule has 0 aliphatic carbocycles. The summed E-state index contributed by atoms with van der Waals surface area (Å²) in [6.45, 7) is 2.79. The predicted octanol–water partition coefficient (Wildman–Crippen LogP) is 7.55. The van der Waals surface area contributed by atoms with Crippen molar-refractivity contribution in [2.45, 2.75) is 44.5 Å². The van der Waals surface area contributed by atoms with Crippen LogP contribution in [0, 0.1) is 0 Å². The van der Waals surface area contributed by atoms with Crippen LogP contribution in [-0.2, 0) is 28.3 Å². The van der Waals surface area contributed by atoms with Gasteiger partial charge >= 0.3 is 0 Å². The van der Waals surface area contributed by atoms with Crippen LogP contribution in [0.2, 0.25) is 10.0 Å². The maximum Gasteiger partial charge on any atom is 0.243 e. The molecule has 0 saturated heterocycles. The number of amides is 2. The number of carbonyl (C=O) groups excluding carboxylic acids is 2. The smallest absolute Gasteiger partial charge is 0.243 e. The van der Waals surface area contributed by atoms with E-state index in [9.17, 15) is 9.59 Å². The number of hydrogen-bond acceptors (Lipinski definition) is 3. The Kier molecular flexibility index (Phi) is 12.3. The van der Waals surface area contributed by atoms with Gasteiger partial charge in [0.2, 0.25) is 11.8 Å². The van der Waals surface area contributed by atoms with Crippen molar-refractivity contribution in [3.05, 3.63) is 104 Å². The van der Waals surface area contributed by atoms with E-state index in [4.69, 9.17) is 23.2 Å². The molecule has 0 saturated carbocycles. The second-order valence-electron chi connectivity index (χ2n) is 8.69. The third-order valence-electron chi connectivity index (χ3n) is 5.90. The molecular weight excluding hydrogens is 591 g/mol. The SMILES string of the molecule is CCCCNC(=O)[C@@H](Cc1ccccc1)N(Cc1c(Cl)cccc1Cl)C(=O)CSCc1ccc(Br)cc1. The Balaban J connectivity index is 1.87. The quantitative estimate of drug-likeness (QED) is 0.201. The molecule has 0 fully saturated rings. The Bertz CT molecular complexity index is 1140. The van der Waals surface area contributed by atoms with Crippen LogP contribution in [0.3, 0.4) is 0 Å². The highest BCUT2D eigenvalue weighted by Gasteiger charge is 2.31. The minimum absolute atomic E-state index is 0.135. The first-order chi connectivity index (χ1) is 17.9. The van der Waals surface area contributed by atoms with Crippen LogP contribution in [0.5, 0.6) is 0 Å². The molecule has 0 aliphatic rings. The molecular formula is C29H31BrCl2N2O2S. The van der Waals surface area contributed by atoms with Gasteiger partial charge in [0, 0.05) is 45.3 Å². The van der Waals surface area contributed by atoms with Crippen molar-refractivity contribution in [2.24, 2.45) is 0 Å². The highest BCUT2D eigenvalue weighted by molar-refractivity contribution is 9.10. The molecule has 0 heterocycles. The molecule has 0 unspecified atom stereocenters. The number of carbonyl (C=O) groups is 2. The summed E-state index contributed by atoms with van der Waals surface area (Å²) in [6, 6.07) is 22.4. The van der Waals surface area contributed by atoms with E-state index in [0.717, 1.165) is 28.4 Å². The molecule has 3 aromatic carbocycles. The lowest BCUT2D eigenvalue weighted by Crippen LogP contribution is -2.51. The van der Waals surface area contributed by atoms with E-state index in [1.54, 1.807) is 23.1 Å². The van der Waals surface area contributed by atoms with Crippen LogP contribution in [0.15, 0.2) is 77.3 Å². The zero-order valence-electron chi connectivity index (χ0n) is 20.8. The van der Waals surface area contributed by atoms with E-state index in [-0.39, 0.29) is 24.1 Å². The second kappa shape index (κ2) is 15.4. The summed E-state index contributed by atoms with van der Waals surface area (Å²) in [6.07, 6.45) is 2.23. The topological polar surface area (TPSA) is 49.4 Å². The molecule has 3 aromatic rings. The summed E-state index contributed by atoms with van der Waals surface area (Å²) in [5.74, 6) is 0.605. The Morgan fingerprint density at radius 1 is 0.946 bits per heavy atom. The molecule has 0 aromatic heterocycles. The number of nitrogens with zero attached hydrogens (tertiary/aromatic N) is 1. The first-order valence-electron chi connectivity index (χ1n) is 12.2. The summed E-state index contributed by atoms with van der Waals surface area (Å²) in [7, 11) is 0. The summed E-state index contributed by atoms with van der Waals surface area (Å²) in [4.78, 5) is 28.8. The normalized spacial score (nSPS) is 11.7. The molecule has 0 aliphatic heterocycles. The number of benzene rings is 3. The molecule has 196 valence electrons. The van der Waals surface area contributed by atoms with Gasteiger partial charge in [-0.05, 0) is 41.8 Å². The van der Waals surface area contributed by atoms with Crippen LogP contribution in [0.4, 0.5) is 0 Å². The predicted molar refractivity (Wildman–Crippen MR) is 159 cm³/mol. The summed E-state index contributed by atoms with van der Waals surface area (Å²) >= 11 is 18.0. The van der Waals surface area contributed by atoms with E-state index in [0.29, 0.717) is 34.3 Å². The van der Waals surface area contributed by atoms with Gasteiger partial charge < -0.3 is 10.2 Å². The molecule has 1 N–H and O–H groups in total. The van der Waals surface area contributed by atoms with Crippen LogP contribution in [-0.4, -0.2) is 35.1 Å². The first kappa shape index (κ1) is 29.6. The van der Waals surface area contributed by atoms with Gasteiger partial charge in [-0.1, -0.05) is 101 Å². The molecule has 37 heavy (non-hydrogen) atoms. The maximum absolute atomic E-state index is 13.7. The van der Waals surface area contributed by atoms with Crippen LogP contribution in [0.1, 0.15) is 36.5 Å². The molecule has 4 nitrogen and oxygen atoms in total. The van der Waals surface area contributed by atoms with Gasteiger partial charge in [0.15, 0.2) is 0 Å².